The Morgan fingerprint density at radius 1 is 1.60 bits per heavy atom. The van der Waals surface area contributed by atoms with Crippen LogP contribution in [0.3, 0.4) is 0 Å². The normalized spacial score (nSPS) is 12.7. The molecule has 0 radical (unpaired) electrons. The summed E-state index contributed by atoms with van der Waals surface area (Å²) in [4.78, 5) is 17.4. The Morgan fingerprint density at radius 2 is 2.27 bits per heavy atom. The summed E-state index contributed by atoms with van der Waals surface area (Å²) in [5.74, 6) is -1.53. The Kier molecular flexibility index (Phi) is 3.40. The van der Waals surface area contributed by atoms with Crippen LogP contribution in [0.4, 0.5) is 18.3 Å². The van der Waals surface area contributed by atoms with Crippen molar-refractivity contribution in [2.24, 2.45) is 4.99 Å². The van der Waals surface area contributed by atoms with Crippen LogP contribution in [0.5, 0.6) is 0 Å². The van der Waals surface area contributed by atoms with Crippen LogP contribution in [-0.4, -0.2) is 30.0 Å². The van der Waals surface area contributed by atoms with Crippen LogP contribution in [0.15, 0.2) is 16.6 Å². The molecule has 0 N–H and O–H groups in total. The number of thiazole rings is 1. The molecule has 1 aromatic rings. The van der Waals surface area contributed by atoms with Gasteiger partial charge in [0.15, 0.2) is 0 Å². The average molecular weight is 238 g/mol. The van der Waals surface area contributed by atoms with E-state index in [1.807, 2.05) is 0 Å². The third-order valence-electron chi connectivity index (χ3n) is 1.27. The molecule has 15 heavy (non-hydrogen) atoms. The van der Waals surface area contributed by atoms with Gasteiger partial charge in [-0.25, -0.2) is 14.8 Å². The van der Waals surface area contributed by atoms with E-state index in [2.05, 4.69) is 14.7 Å². The van der Waals surface area contributed by atoms with Gasteiger partial charge in [-0.05, 0) is 0 Å². The fourth-order valence-corrected chi connectivity index (χ4v) is 1.20. The van der Waals surface area contributed by atoms with Crippen molar-refractivity contribution in [3.05, 3.63) is 11.6 Å². The van der Waals surface area contributed by atoms with E-state index in [4.69, 9.17) is 0 Å². The van der Waals surface area contributed by atoms with Gasteiger partial charge in [-0.1, -0.05) is 0 Å². The van der Waals surface area contributed by atoms with Crippen LogP contribution in [-0.2, 0) is 9.53 Å². The van der Waals surface area contributed by atoms with Gasteiger partial charge in [0.1, 0.15) is 0 Å². The Morgan fingerprint density at radius 3 is 2.67 bits per heavy atom. The zero-order valence-corrected chi connectivity index (χ0v) is 8.22. The highest BCUT2D eigenvalue weighted by Crippen LogP contribution is 2.23. The van der Waals surface area contributed by atoms with Crippen LogP contribution in [0, 0.1) is 0 Å². The average Bonchev–Trinajstić information content (AvgIpc) is 2.63. The molecule has 0 amide bonds. The van der Waals surface area contributed by atoms with Gasteiger partial charge in [-0.2, -0.15) is 13.2 Å². The fraction of sp³-hybridized carbons (Fsp3) is 0.286. The Labute approximate surface area is 86.4 Å². The highest BCUT2D eigenvalue weighted by molar-refractivity contribution is 7.13. The van der Waals surface area contributed by atoms with Crippen molar-refractivity contribution in [1.82, 2.24) is 4.98 Å². The van der Waals surface area contributed by atoms with Crippen LogP contribution >= 0.6 is 11.3 Å². The molecule has 0 spiro atoms. The SMILES string of the molecule is COC(=O)C(=Nc1nccs1)C(F)(F)F. The van der Waals surface area contributed by atoms with Gasteiger partial charge in [0.2, 0.25) is 10.8 Å². The van der Waals surface area contributed by atoms with Crippen molar-refractivity contribution in [2.45, 2.75) is 6.18 Å². The Bertz CT molecular complexity index is 372. The van der Waals surface area contributed by atoms with E-state index in [9.17, 15) is 18.0 Å². The first-order valence-electron chi connectivity index (χ1n) is 3.59. The third kappa shape index (κ3) is 3.01. The first-order chi connectivity index (χ1) is 6.95. The standard InChI is InChI=1S/C7H5F3N2O2S/c1-14-5(13)4(7(8,9)10)12-6-11-2-3-15-6/h2-3H,1H3. The van der Waals surface area contributed by atoms with Gasteiger partial charge < -0.3 is 4.74 Å². The summed E-state index contributed by atoms with van der Waals surface area (Å²) in [6, 6.07) is 0. The molecule has 1 rings (SSSR count). The van der Waals surface area contributed by atoms with Gasteiger partial charge in [-0.15, -0.1) is 11.3 Å². The maximum atomic E-state index is 12.3. The summed E-state index contributed by atoms with van der Waals surface area (Å²) < 4.78 is 40.9. The smallest absolute Gasteiger partial charge is 0.440 e. The van der Waals surface area contributed by atoms with Crippen molar-refractivity contribution in [2.75, 3.05) is 7.11 Å². The summed E-state index contributed by atoms with van der Waals surface area (Å²) in [6.07, 6.45) is -3.56. The van der Waals surface area contributed by atoms with Crippen molar-refractivity contribution < 1.29 is 22.7 Å². The molecule has 0 aromatic carbocycles. The van der Waals surface area contributed by atoms with Crippen molar-refractivity contribution in [3.8, 4) is 0 Å². The number of carbonyl (C=O) groups is 1. The molecule has 0 atom stereocenters. The summed E-state index contributed by atoms with van der Waals surface area (Å²) in [5, 5.41) is 1.30. The molecule has 0 saturated carbocycles. The molecule has 0 fully saturated rings. The summed E-state index contributed by atoms with van der Waals surface area (Å²) in [7, 11) is 0.853. The molecule has 0 unspecified atom stereocenters. The minimum absolute atomic E-state index is 0.146. The lowest BCUT2D eigenvalue weighted by molar-refractivity contribution is -0.137. The molecule has 1 aromatic heterocycles. The lowest BCUT2D eigenvalue weighted by atomic mass is 10.4. The van der Waals surface area contributed by atoms with E-state index in [0.717, 1.165) is 18.4 Å². The number of aromatic nitrogens is 1. The van der Waals surface area contributed by atoms with E-state index < -0.39 is 17.9 Å². The number of halogens is 3. The molecule has 0 aliphatic carbocycles. The second kappa shape index (κ2) is 4.39. The van der Waals surface area contributed by atoms with Crippen molar-refractivity contribution in [1.29, 1.82) is 0 Å². The number of nitrogens with zero attached hydrogens (tertiary/aromatic N) is 2. The van der Waals surface area contributed by atoms with Gasteiger partial charge >= 0.3 is 12.1 Å². The summed E-state index contributed by atoms with van der Waals surface area (Å²) >= 11 is 0.889. The number of hydrogen-bond donors (Lipinski definition) is 0. The van der Waals surface area contributed by atoms with E-state index in [1.165, 1.54) is 11.6 Å². The first-order valence-corrected chi connectivity index (χ1v) is 4.47. The molecule has 4 nitrogen and oxygen atoms in total. The van der Waals surface area contributed by atoms with E-state index >= 15 is 0 Å². The molecular formula is C7H5F3N2O2S. The minimum Gasteiger partial charge on any atom is -0.464 e. The predicted molar refractivity (Wildman–Crippen MR) is 47.3 cm³/mol. The highest BCUT2D eigenvalue weighted by Gasteiger charge is 2.42. The molecule has 0 aliphatic heterocycles. The van der Waals surface area contributed by atoms with Gasteiger partial charge in [0, 0.05) is 11.6 Å². The second-order valence-corrected chi connectivity index (χ2v) is 3.14. The Hall–Kier alpha value is -1.44. The molecule has 0 bridgehead atoms. The number of alkyl halides is 3. The number of aliphatic imine (C=N–C) groups is 1. The monoisotopic (exact) mass is 238 g/mol. The van der Waals surface area contributed by atoms with E-state index in [0.29, 0.717) is 0 Å². The number of carbonyl (C=O) groups excluding carboxylic acids is 1. The van der Waals surface area contributed by atoms with Gasteiger partial charge in [-0.3, -0.25) is 0 Å². The predicted octanol–water partition coefficient (Wildman–Crippen LogP) is 1.95. The van der Waals surface area contributed by atoms with Crippen LogP contribution in [0.1, 0.15) is 0 Å². The molecular weight excluding hydrogens is 233 g/mol. The summed E-state index contributed by atoms with van der Waals surface area (Å²) in [6.45, 7) is 0. The number of hydrogen-bond acceptors (Lipinski definition) is 5. The zero-order chi connectivity index (χ0) is 11.5. The lowest BCUT2D eigenvalue weighted by Crippen LogP contribution is -2.31. The lowest BCUT2D eigenvalue weighted by Gasteiger charge is -2.06. The molecule has 0 aliphatic rings. The number of esters is 1. The maximum absolute atomic E-state index is 12.3. The first kappa shape index (κ1) is 11.6. The van der Waals surface area contributed by atoms with E-state index in [1.54, 1.807) is 0 Å². The second-order valence-electron chi connectivity index (χ2n) is 2.26. The van der Waals surface area contributed by atoms with Crippen LogP contribution < -0.4 is 0 Å². The maximum Gasteiger partial charge on any atom is 0.440 e. The topological polar surface area (TPSA) is 51.5 Å². The van der Waals surface area contributed by atoms with Crippen molar-refractivity contribution in [3.63, 3.8) is 0 Å². The quantitative estimate of drug-likeness (QED) is 0.584. The third-order valence-corrected chi connectivity index (χ3v) is 1.94. The molecule has 82 valence electrons. The van der Waals surface area contributed by atoms with Gasteiger partial charge in [0.05, 0.1) is 7.11 Å². The fourth-order valence-electron chi connectivity index (χ4n) is 0.688. The highest BCUT2D eigenvalue weighted by atomic mass is 32.1. The zero-order valence-electron chi connectivity index (χ0n) is 7.41. The summed E-state index contributed by atoms with van der Waals surface area (Å²) in [5.41, 5.74) is -1.61. The molecule has 1 heterocycles. The largest absolute Gasteiger partial charge is 0.464 e. The number of rotatable bonds is 2. The van der Waals surface area contributed by atoms with Gasteiger partial charge in [0.25, 0.3) is 0 Å². The number of ether oxygens (including phenoxy) is 1. The van der Waals surface area contributed by atoms with Crippen molar-refractivity contribution >= 4 is 28.1 Å². The number of methoxy groups -OCH3 is 1. The molecule has 8 heteroatoms. The minimum atomic E-state index is -4.85. The molecule has 0 saturated heterocycles. The Balaban J connectivity index is 3.07. The van der Waals surface area contributed by atoms with E-state index in [-0.39, 0.29) is 5.13 Å². The van der Waals surface area contributed by atoms with Crippen LogP contribution in [0.25, 0.3) is 0 Å². The van der Waals surface area contributed by atoms with Crippen LogP contribution in [0.2, 0.25) is 0 Å².